The van der Waals surface area contributed by atoms with Crippen molar-refractivity contribution >= 4 is 11.3 Å². The van der Waals surface area contributed by atoms with Crippen LogP contribution in [-0.4, -0.2) is 0 Å². The third kappa shape index (κ3) is 2.74. The second kappa shape index (κ2) is 5.53. The predicted octanol–water partition coefficient (Wildman–Crippen LogP) is 4.37. The summed E-state index contributed by atoms with van der Waals surface area (Å²) in [5.74, 6) is 6.03. The minimum absolute atomic E-state index is 0.964. The maximum Gasteiger partial charge on any atom is 0.0345 e. The standard InChI is InChI=1S/C15H14S/c1-2-3-5-10-14-11-12-15(16-14)13-8-6-4-7-9-13/h4,6-9,11-12H,5,10H2,1H3. The molecule has 2 aromatic rings. The Morgan fingerprint density at radius 1 is 1.06 bits per heavy atom. The van der Waals surface area contributed by atoms with Crippen LogP contribution in [0.25, 0.3) is 10.4 Å². The minimum atomic E-state index is 0.964. The first-order valence-corrected chi connectivity index (χ1v) is 6.25. The molecule has 0 saturated carbocycles. The number of hydrogen-bond donors (Lipinski definition) is 0. The van der Waals surface area contributed by atoms with E-state index in [4.69, 9.17) is 0 Å². The molecule has 0 spiro atoms. The van der Waals surface area contributed by atoms with E-state index in [1.807, 2.05) is 18.3 Å². The zero-order valence-electron chi connectivity index (χ0n) is 9.36. The highest BCUT2D eigenvalue weighted by molar-refractivity contribution is 7.15. The van der Waals surface area contributed by atoms with Crippen LogP contribution in [0.3, 0.4) is 0 Å². The van der Waals surface area contributed by atoms with Crippen molar-refractivity contribution in [3.63, 3.8) is 0 Å². The lowest BCUT2D eigenvalue weighted by molar-refractivity contribution is 1.06. The topological polar surface area (TPSA) is 0 Å². The van der Waals surface area contributed by atoms with Crippen molar-refractivity contribution < 1.29 is 0 Å². The van der Waals surface area contributed by atoms with Gasteiger partial charge in [-0.15, -0.1) is 23.2 Å². The second-order valence-electron chi connectivity index (χ2n) is 3.56. The molecule has 0 aliphatic carbocycles. The van der Waals surface area contributed by atoms with Crippen LogP contribution in [-0.2, 0) is 6.42 Å². The lowest BCUT2D eigenvalue weighted by Gasteiger charge is -1.94. The Labute approximate surface area is 101 Å². The highest BCUT2D eigenvalue weighted by Crippen LogP contribution is 2.28. The molecular weight excluding hydrogens is 212 g/mol. The summed E-state index contributed by atoms with van der Waals surface area (Å²) in [5.41, 5.74) is 1.31. The summed E-state index contributed by atoms with van der Waals surface area (Å²) in [5, 5.41) is 0. The lowest BCUT2D eigenvalue weighted by Crippen LogP contribution is -1.75. The van der Waals surface area contributed by atoms with Crippen LogP contribution in [0.2, 0.25) is 0 Å². The Balaban J connectivity index is 2.10. The molecule has 80 valence electrons. The molecule has 0 atom stereocenters. The molecule has 2 rings (SSSR count). The molecule has 1 heteroatoms. The summed E-state index contributed by atoms with van der Waals surface area (Å²) < 4.78 is 0. The smallest absolute Gasteiger partial charge is 0.0345 e. The second-order valence-corrected chi connectivity index (χ2v) is 4.73. The van der Waals surface area contributed by atoms with E-state index in [1.54, 1.807) is 0 Å². The number of benzene rings is 1. The summed E-state index contributed by atoms with van der Waals surface area (Å²) >= 11 is 1.87. The molecule has 0 fully saturated rings. The summed E-state index contributed by atoms with van der Waals surface area (Å²) in [7, 11) is 0. The lowest BCUT2D eigenvalue weighted by atomic mass is 10.2. The number of hydrogen-bond acceptors (Lipinski definition) is 1. The van der Waals surface area contributed by atoms with Gasteiger partial charge >= 0.3 is 0 Å². The van der Waals surface area contributed by atoms with Gasteiger partial charge in [0.25, 0.3) is 0 Å². The molecule has 16 heavy (non-hydrogen) atoms. The van der Waals surface area contributed by atoms with Crippen LogP contribution in [0, 0.1) is 11.8 Å². The Hall–Kier alpha value is -1.52. The van der Waals surface area contributed by atoms with E-state index in [-0.39, 0.29) is 0 Å². The largest absolute Gasteiger partial charge is 0.140 e. The van der Waals surface area contributed by atoms with E-state index in [0.29, 0.717) is 0 Å². The van der Waals surface area contributed by atoms with Crippen molar-refractivity contribution in [2.45, 2.75) is 19.8 Å². The summed E-state index contributed by atoms with van der Waals surface area (Å²) in [6.45, 7) is 1.89. The van der Waals surface area contributed by atoms with Gasteiger partial charge in [-0.1, -0.05) is 30.3 Å². The summed E-state index contributed by atoms with van der Waals surface area (Å²) in [6, 6.07) is 14.9. The molecule has 0 bridgehead atoms. The minimum Gasteiger partial charge on any atom is -0.140 e. The SMILES string of the molecule is CC#CCCc1ccc(-c2ccccc2)s1. The fourth-order valence-corrected chi connectivity index (χ4v) is 2.59. The Morgan fingerprint density at radius 2 is 1.88 bits per heavy atom. The fourth-order valence-electron chi connectivity index (χ4n) is 1.58. The molecule has 0 aliphatic heterocycles. The molecule has 0 aliphatic rings. The van der Waals surface area contributed by atoms with E-state index >= 15 is 0 Å². The molecule has 1 aromatic heterocycles. The van der Waals surface area contributed by atoms with Gasteiger partial charge in [-0.25, -0.2) is 0 Å². The molecule has 0 saturated heterocycles. The fraction of sp³-hybridized carbons (Fsp3) is 0.200. The predicted molar refractivity (Wildman–Crippen MR) is 71.5 cm³/mol. The zero-order chi connectivity index (χ0) is 11.2. The third-order valence-electron chi connectivity index (χ3n) is 2.39. The van der Waals surface area contributed by atoms with Gasteiger partial charge < -0.3 is 0 Å². The normalized spacial score (nSPS) is 9.56. The van der Waals surface area contributed by atoms with E-state index in [1.165, 1.54) is 15.3 Å². The van der Waals surface area contributed by atoms with Gasteiger partial charge in [0.2, 0.25) is 0 Å². The van der Waals surface area contributed by atoms with Crippen LogP contribution in [0.15, 0.2) is 42.5 Å². The van der Waals surface area contributed by atoms with Gasteiger partial charge in [-0.2, -0.15) is 0 Å². The van der Waals surface area contributed by atoms with Crippen molar-refractivity contribution in [2.75, 3.05) is 0 Å². The molecule has 1 aromatic carbocycles. The molecule has 0 nitrogen and oxygen atoms in total. The number of thiophene rings is 1. The maximum absolute atomic E-state index is 3.10. The molecular formula is C15H14S. The Kier molecular flexibility index (Phi) is 3.80. The monoisotopic (exact) mass is 226 g/mol. The van der Waals surface area contributed by atoms with Gasteiger partial charge in [0.15, 0.2) is 0 Å². The Morgan fingerprint density at radius 3 is 2.62 bits per heavy atom. The van der Waals surface area contributed by atoms with Crippen LogP contribution in [0.5, 0.6) is 0 Å². The van der Waals surface area contributed by atoms with Crippen molar-refractivity contribution in [2.24, 2.45) is 0 Å². The van der Waals surface area contributed by atoms with Gasteiger partial charge in [0.1, 0.15) is 0 Å². The summed E-state index contributed by atoms with van der Waals surface area (Å²) in [6.07, 6.45) is 2.03. The van der Waals surface area contributed by atoms with Crippen LogP contribution in [0.4, 0.5) is 0 Å². The van der Waals surface area contributed by atoms with Gasteiger partial charge in [0.05, 0.1) is 0 Å². The molecule has 1 heterocycles. The Bertz CT molecular complexity index is 497. The molecule has 0 N–H and O–H groups in total. The summed E-state index contributed by atoms with van der Waals surface area (Å²) in [4.78, 5) is 2.77. The quantitative estimate of drug-likeness (QED) is 0.682. The van der Waals surface area contributed by atoms with E-state index in [2.05, 4.69) is 54.3 Å². The van der Waals surface area contributed by atoms with Crippen LogP contribution in [0.1, 0.15) is 18.2 Å². The average Bonchev–Trinajstić information content (AvgIpc) is 2.79. The number of rotatable bonds is 3. The van der Waals surface area contributed by atoms with Crippen molar-refractivity contribution in [3.05, 3.63) is 47.3 Å². The van der Waals surface area contributed by atoms with Gasteiger partial charge in [0, 0.05) is 16.2 Å². The van der Waals surface area contributed by atoms with Crippen molar-refractivity contribution in [3.8, 4) is 22.3 Å². The van der Waals surface area contributed by atoms with Gasteiger partial charge in [-0.3, -0.25) is 0 Å². The van der Waals surface area contributed by atoms with Crippen molar-refractivity contribution in [1.82, 2.24) is 0 Å². The van der Waals surface area contributed by atoms with Crippen molar-refractivity contribution in [1.29, 1.82) is 0 Å². The highest BCUT2D eigenvalue weighted by Gasteiger charge is 2.01. The van der Waals surface area contributed by atoms with E-state index < -0.39 is 0 Å². The molecule has 0 unspecified atom stereocenters. The first-order valence-electron chi connectivity index (χ1n) is 5.44. The zero-order valence-corrected chi connectivity index (χ0v) is 10.2. The highest BCUT2D eigenvalue weighted by atomic mass is 32.1. The van der Waals surface area contributed by atoms with Crippen LogP contribution < -0.4 is 0 Å². The number of aryl methyl sites for hydroxylation is 1. The third-order valence-corrected chi connectivity index (χ3v) is 3.59. The first kappa shape index (κ1) is 11.0. The first-order chi connectivity index (χ1) is 7.90. The van der Waals surface area contributed by atoms with Gasteiger partial charge in [-0.05, 0) is 31.0 Å². The van der Waals surface area contributed by atoms with Crippen LogP contribution >= 0.6 is 11.3 Å². The molecule has 0 radical (unpaired) electrons. The average molecular weight is 226 g/mol. The maximum atomic E-state index is 3.10. The van der Waals surface area contributed by atoms with E-state index in [9.17, 15) is 0 Å². The molecule has 0 amide bonds. The van der Waals surface area contributed by atoms with E-state index in [0.717, 1.165) is 12.8 Å².